The number of nitrogens with one attached hydrogen (secondary N) is 1. The molecule has 0 aliphatic carbocycles. The van der Waals surface area contributed by atoms with E-state index in [1.807, 2.05) is 103 Å². The molecule has 1 saturated heterocycles. The fourth-order valence-electron chi connectivity index (χ4n) is 3.75. The van der Waals surface area contributed by atoms with Gasteiger partial charge in [0.05, 0.1) is 35.7 Å². The van der Waals surface area contributed by atoms with Crippen LogP contribution in [0.2, 0.25) is 0 Å². The van der Waals surface area contributed by atoms with Crippen molar-refractivity contribution >= 4 is 34.6 Å². The van der Waals surface area contributed by atoms with Gasteiger partial charge in [0.2, 0.25) is 0 Å². The highest BCUT2D eigenvalue weighted by atomic mass is 32.2. The van der Waals surface area contributed by atoms with Crippen LogP contribution in [0, 0.1) is 0 Å². The molecule has 4 aromatic rings. The first-order valence-electron chi connectivity index (χ1n) is 11.4. The minimum Gasteiger partial charge on any atom is -0.497 e. The Morgan fingerprint density at radius 1 is 1.00 bits per heavy atom. The zero-order valence-corrected chi connectivity index (χ0v) is 20.7. The highest BCUT2D eigenvalue weighted by Crippen LogP contribution is 2.33. The van der Waals surface area contributed by atoms with Gasteiger partial charge in [0.15, 0.2) is 0 Å². The molecule has 0 atom stereocenters. The van der Waals surface area contributed by atoms with E-state index < -0.39 is 0 Å². The Kier molecular flexibility index (Phi) is 6.86. The average molecular weight is 497 g/mol. The van der Waals surface area contributed by atoms with E-state index in [-0.39, 0.29) is 5.24 Å². The first kappa shape index (κ1) is 23.4. The van der Waals surface area contributed by atoms with Crippen molar-refractivity contribution in [2.45, 2.75) is 6.92 Å². The minimum absolute atomic E-state index is 0.174. The van der Waals surface area contributed by atoms with Gasteiger partial charge in [0, 0.05) is 17.3 Å². The summed E-state index contributed by atoms with van der Waals surface area (Å²) in [5.74, 6) is 2.05. The summed E-state index contributed by atoms with van der Waals surface area (Å²) in [5.41, 5.74) is 4.24. The van der Waals surface area contributed by atoms with Crippen LogP contribution in [0.25, 0.3) is 23.0 Å². The van der Waals surface area contributed by atoms with Crippen LogP contribution in [-0.4, -0.2) is 34.6 Å². The number of thioether (sulfide) groups is 1. The summed E-state index contributed by atoms with van der Waals surface area (Å²) < 4.78 is 12.7. The molecule has 0 unspecified atom stereocenters. The van der Waals surface area contributed by atoms with E-state index in [2.05, 4.69) is 10.3 Å². The van der Waals surface area contributed by atoms with Crippen LogP contribution >= 0.6 is 11.8 Å². The zero-order chi connectivity index (χ0) is 24.9. The van der Waals surface area contributed by atoms with Gasteiger partial charge < -0.3 is 14.8 Å². The standard InChI is InChI=1S/C28H24N4O3S/c1-3-35-24-15-11-21(12-16-24)29-27-25(36-28(33)30-27)17-20-18-32(22-7-5-4-6-8-22)31-26(20)19-9-13-23(34-2)14-10-19/h4-18H,3H2,1-2H3,(H,29,30,33)/b25-17-. The number of amidine groups is 1. The van der Waals surface area contributed by atoms with Crippen LogP contribution in [0.3, 0.4) is 0 Å². The molecule has 1 fully saturated rings. The summed E-state index contributed by atoms with van der Waals surface area (Å²) in [6.45, 7) is 2.54. The number of carbonyl (C=O) groups is 1. The Hall–Kier alpha value is -4.30. The van der Waals surface area contributed by atoms with Crippen molar-refractivity contribution in [3.05, 3.63) is 95.5 Å². The van der Waals surface area contributed by atoms with E-state index in [9.17, 15) is 4.79 Å². The first-order chi connectivity index (χ1) is 17.6. The second-order valence-electron chi connectivity index (χ2n) is 7.85. The smallest absolute Gasteiger partial charge is 0.289 e. The van der Waals surface area contributed by atoms with Crippen molar-refractivity contribution in [2.24, 2.45) is 4.99 Å². The third kappa shape index (κ3) is 5.18. The lowest BCUT2D eigenvalue weighted by molar-refractivity contribution is 0.265. The van der Waals surface area contributed by atoms with Gasteiger partial charge in [0.25, 0.3) is 5.24 Å². The third-order valence-electron chi connectivity index (χ3n) is 5.46. The van der Waals surface area contributed by atoms with E-state index in [0.717, 1.165) is 56.4 Å². The van der Waals surface area contributed by atoms with E-state index in [1.54, 1.807) is 7.11 Å². The lowest BCUT2D eigenvalue weighted by Gasteiger charge is -2.04. The number of para-hydroxylation sites is 1. The maximum Gasteiger partial charge on any atom is 0.289 e. The van der Waals surface area contributed by atoms with Crippen molar-refractivity contribution in [3.63, 3.8) is 0 Å². The fraction of sp³-hybridized carbons (Fsp3) is 0.107. The maximum atomic E-state index is 12.3. The molecular weight excluding hydrogens is 472 g/mol. The summed E-state index contributed by atoms with van der Waals surface area (Å²) in [4.78, 5) is 17.7. The molecule has 0 spiro atoms. The molecule has 1 aliphatic rings. The quantitative estimate of drug-likeness (QED) is 0.317. The predicted molar refractivity (Wildman–Crippen MR) is 144 cm³/mol. The molecule has 0 radical (unpaired) electrons. The number of aliphatic imine (C=N–C) groups is 1. The second kappa shape index (κ2) is 10.5. The van der Waals surface area contributed by atoms with Gasteiger partial charge in [-0.25, -0.2) is 9.67 Å². The molecule has 2 heterocycles. The maximum absolute atomic E-state index is 12.3. The fourth-order valence-corrected chi connectivity index (χ4v) is 4.47. The van der Waals surface area contributed by atoms with Gasteiger partial charge in [-0.05, 0) is 85.4 Å². The van der Waals surface area contributed by atoms with Crippen LogP contribution in [-0.2, 0) is 0 Å². The summed E-state index contributed by atoms with van der Waals surface area (Å²) in [6, 6.07) is 25.1. The third-order valence-corrected chi connectivity index (χ3v) is 6.28. The normalized spacial score (nSPS) is 15.3. The molecule has 8 heteroatoms. The van der Waals surface area contributed by atoms with Gasteiger partial charge in [-0.3, -0.25) is 4.79 Å². The molecule has 7 nitrogen and oxygen atoms in total. The number of aromatic nitrogens is 2. The van der Waals surface area contributed by atoms with Crippen LogP contribution in [0.5, 0.6) is 11.5 Å². The lowest BCUT2D eigenvalue weighted by Crippen LogP contribution is -2.18. The van der Waals surface area contributed by atoms with Gasteiger partial charge in [-0.15, -0.1) is 0 Å². The lowest BCUT2D eigenvalue weighted by atomic mass is 10.1. The van der Waals surface area contributed by atoms with Crippen LogP contribution < -0.4 is 14.8 Å². The largest absolute Gasteiger partial charge is 0.497 e. The van der Waals surface area contributed by atoms with E-state index >= 15 is 0 Å². The predicted octanol–water partition coefficient (Wildman–Crippen LogP) is 6.47. The molecule has 5 rings (SSSR count). The van der Waals surface area contributed by atoms with Crippen LogP contribution in [0.4, 0.5) is 10.5 Å². The van der Waals surface area contributed by atoms with E-state index in [1.165, 1.54) is 0 Å². The van der Waals surface area contributed by atoms with Crippen molar-refractivity contribution in [2.75, 3.05) is 13.7 Å². The molecular formula is C28H24N4O3S. The van der Waals surface area contributed by atoms with Gasteiger partial charge in [-0.2, -0.15) is 5.10 Å². The highest BCUT2D eigenvalue weighted by Gasteiger charge is 2.25. The number of carbonyl (C=O) groups excluding carboxylic acids is 1. The molecule has 3 aromatic carbocycles. The number of hydrogen-bond acceptors (Lipinski definition) is 6. The number of ether oxygens (including phenoxy) is 2. The summed E-state index contributed by atoms with van der Waals surface area (Å²) in [6.07, 6.45) is 3.90. The van der Waals surface area contributed by atoms with Crippen molar-refractivity contribution in [1.82, 2.24) is 15.1 Å². The Balaban J connectivity index is 1.55. The van der Waals surface area contributed by atoms with Crippen molar-refractivity contribution in [3.8, 4) is 28.4 Å². The Bertz CT molecular complexity index is 1430. The Morgan fingerprint density at radius 2 is 1.72 bits per heavy atom. The van der Waals surface area contributed by atoms with Crippen molar-refractivity contribution in [1.29, 1.82) is 0 Å². The summed E-state index contributed by atoms with van der Waals surface area (Å²) in [7, 11) is 1.64. The van der Waals surface area contributed by atoms with Crippen LogP contribution in [0.15, 0.2) is 95.0 Å². The number of nitrogens with zero attached hydrogens (tertiary/aromatic N) is 3. The van der Waals surface area contributed by atoms with E-state index in [4.69, 9.17) is 14.6 Å². The zero-order valence-electron chi connectivity index (χ0n) is 19.8. The van der Waals surface area contributed by atoms with E-state index in [0.29, 0.717) is 12.4 Å². The summed E-state index contributed by atoms with van der Waals surface area (Å²) in [5, 5.41) is 7.55. The monoisotopic (exact) mass is 496 g/mol. The number of rotatable bonds is 7. The first-order valence-corrected chi connectivity index (χ1v) is 12.3. The number of methoxy groups -OCH3 is 1. The van der Waals surface area contributed by atoms with Gasteiger partial charge in [0.1, 0.15) is 17.3 Å². The molecule has 1 aliphatic heterocycles. The Morgan fingerprint density at radius 3 is 2.42 bits per heavy atom. The highest BCUT2D eigenvalue weighted by molar-refractivity contribution is 8.18. The van der Waals surface area contributed by atoms with Gasteiger partial charge >= 0.3 is 0 Å². The number of benzene rings is 3. The summed E-state index contributed by atoms with van der Waals surface area (Å²) >= 11 is 1.11. The molecule has 180 valence electrons. The van der Waals surface area contributed by atoms with Crippen LogP contribution in [0.1, 0.15) is 12.5 Å². The number of amides is 1. The molecule has 0 bridgehead atoms. The minimum atomic E-state index is -0.174. The molecule has 1 amide bonds. The SMILES string of the molecule is CCOc1ccc(N=C2NC(=O)S/C2=C\c2cn(-c3ccccc3)nc2-c2ccc(OC)cc2)cc1. The average Bonchev–Trinajstić information content (AvgIpc) is 3.49. The molecule has 0 saturated carbocycles. The molecule has 1 N–H and O–H groups in total. The van der Waals surface area contributed by atoms with Gasteiger partial charge in [-0.1, -0.05) is 18.2 Å². The Labute approximate surface area is 213 Å². The molecule has 36 heavy (non-hydrogen) atoms. The second-order valence-corrected chi connectivity index (χ2v) is 8.87. The number of hydrogen-bond donors (Lipinski definition) is 1. The molecule has 1 aromatic heterocycles. The van der Waals surface area contributed by atoms with Crippen molar-refractivity contribution < 1.29 is 14.3 Å². The topological polar surface area (TPSA) is 77.7 Å².